The first-order valence-corrected chi connectivity index (χ1v) is 12.1. The number of rotatable bonds is 7. The van der Waals surface area contributed by atoms with Crippen LogP contribution in [0.2, 0.25) is 0 Å². The highest BCUT2D eigenvalue weighted by atomic mass is 35.5. The second-order valence-corrected chi connectivity index (χ2v) is 8.98. The van der Waals surface area contributed by atoms with Gasteiger partial charge in [-0.05, 0) is 43.9 Å². The number of amides is 2. The van der Waals surface area contributed by atoms with Crippen molar-refractivity contribution in [3.05, 3.63) is 47.8 Å². The van der Waals surface area contributed by atoms with Crippen LogP contribution in [0.4, 0.5) is 11.5 Å². The maximum atomic E-state index is 13.3. The van der Waals surface area contributed by atoms with Crippen LogP contribution in [0.25, 0.3) is 5.65 Å². The number of benzene rings is 1. The molecule has 2 amide bonds. The zero-order valence-electron chi connectivity index (χ0n) is 19.1. The van der Waals surface area contributed by atoms with E-state index in [1.807, 2.05) is 0 Å². The summed E-state index contributed by atoms with van der Waals surface area (Å²) >= 11 is 5.66. The number of likely N-dealkylation sites (tertiary alicyclic amines) is 1. The van der Waals surface area contributed by atoms with E-state index >= 15 is 0 Å². The van der Waals surface area contributed by atoms with Gasteiger partial charge < -0.3 is 20.7 Å². The third-order valence-electron chi connectivity index (χ3n) is 6.12. The van der Waals surface area contributed by atoms with Crippen LogP contribution in [0.5, 0.6) is 5.75 Å². The molecule has 0 spiro atoms. The summed E-state index contributed by atoms with van der Waals surface area (Å²) in [4.78, 5) is 35.8. The first-order valence-electron chi connectivity index (χ1n) is 11.6. The number of aromatic nitrogens is 3. The van der Waals surface area contributed by atoms with Crippen molar-refractivity contribution in [2.45, 2.75) is 37.8 Å². The van der Waals surface area contributed by atoms with Crippen molar-refractivity contribution in [2.24, 2.45) is 4.99 Å². The van der Waals surface area contributed by atoms with Crippen molar-refractivity contribution in [3.8, 4) is 5.75 Å². The van der Waals surface area contributed by atoms with Crippen molar-refractivity contribution < 1.29 is 14.3 Å². The minimum Gasteiger partial charge on any atom is -0.490 e. The van der Waals surface area contributed by atoms with Gasteiger partial charge in [0.25, 0.3) is 5.91 Å². The van der Waals surface area contributed by atoms with Gasteiger partial charge in [0, 0.05) is 42.8 Å². The highest BCUT2D eigenvalue weighted by Gasteiger charge is 2.27. The average molecular weight is 496 g/mol. The summed E-state index contributed by atoms with van der Waals surface area (Å²) in [7, 11) is 0. The Morgan fingerprint density at radius 1 is 1.26 bits per heavy atom. The van der Waals surface area contributed by atoms with E-state index in [1.54, 1.807) is 52.3 Å². The molecule has 11 heteroatoms. The van der Waals surface area contributed by atoms with E-state index in [1.165, 1.54) is 0 Å². The SMILES string of the molecule is Nc1cc(OC2CC2)c(C(=O)Nc2cnc3cccnn23)cc1C=NC1CCN(C(=O)CCl)CC1. The lowest BCUT2D eigenvalue weighted by atomic mass is 10.0. The number of hydrogen-bond donors (Lipinski definition) is 2. The summed E-state index contributed by atoms with van der Waals surface area (Å²) < 4.78 is 7.54. The van der Waals surface area contributed by atoms with Crippen LogP contribution in [0.3, 0.4) is 0 Å². The second-order valence-electron chi connectivity index (χ2n) is 8.71. The van der Waals surface area contributed by atoms with E-state index in [0.29, 0.717) is 47.1 Å². The Balaban J connectivity index is 1.36. The quantitative estimate of drug-likeness (QED) is 0.295. The number of aliphatic imine (C=N–C) groups is 1. The fourth-order valence-corrected chi connectivity index (χ4v) is 4.17. The predicted octanol–water partition coefficient (Wildman–Crippen LogP) is 2.75. The molecule has 1 saturated carbocycles. The first kappa shape index (κ1) is 23.1. The summed E-state index contributed by atoms with van der Waals surface area (Å²) in [5.41, 5.74) is 8.40. The molecule has 0 radical (unpaired) electrons. The molecule has 2 aromatic heterocycles. The first-order chi connectivity index (χ1) is 17.0. The van der Waals surface area contributed by atoms with Crippen LogP contribution >= 0.6 is 11.6 Å². The fourth-order valence-electron chi connectivity index (χ4n) is 4.00. The fraction of sp³-hybridized carbons (Fsp3) is 0.375. The van der Waals surface area contributed by atoms with Gasteiger partial charge in [0.2, 0.25) is 5.91 Å². The number of nitrogens with one attached hydrogen (secondary N) is 1. The molecule has 35 heavy (non-hydrogen) atoms. The van der Waals surface area contributed by atoms with Gasteiger partial charge in [0.05, 0.1) is 23.9 Å². The number of nitrogen functional groups attached to an aromatic ring is 1. The molecule has 0 unspecified atom stereocenters. The van der Waals surface area contributed by atoms with Crippen molar-refractivity contribution >= 4 is 46.8 Å². The molecule has 3 heterocycles. The summed E-state index contributed by atoms with van der Waals surface area (Å²) in [6.45, 7) is 1.25. The third kappa shape index (κ3) is 5.22. The third-order valence-corrected chi connectivity index (χ3v) is 6.35. The number of anilines is 2. The zero-order valence-corrected chi connectivity index (χ0v) is 19.8. The molecular formula is C24H26ClN7O3. The molecule has 2 aliphatic rings. The number of fused-ring (bicyclic) bond motifs is 1. The molecule has 182 valence electrons. The Kier molecular flexibility index (Phi) is 6.54. The minimum absolute atomic E-state index is 0.00423. The number of nitrogens with two attached hydrogens (primary N) is 1. The van der Waals surface area contributed by atoms with Gasteiger partial charge in [-0.2, -0.15) is 9.61 Å². The van der Waals surface area contributed by atoms with E-state index in [0.717, 1.165) is 25.7 Å². The van der Waals surface area contributed by atoms with E-state index in [-0.39, 0.29) is 29.8 Å². The van der Waals surface area contributed by atoms with Gasteiger partial charge in [0.1, 0.15) is 11.6 Å². The van der Waals surface area contributed by atoms with E-state index in [9.17, 15) is 9.59 Å². The molecule has 1 aliphatic carbocycles. The van der Waals surface area contributed by atoms with Crippen LogP contribution in [0, 0.1) is 0 Å². The van der Waals surface area contributed by atoms with Gasteiger partial charge in [-0.15, -0.1) is 11.6 Å². The van der Waals surface area contributed by atoms with Crippen molar-refractivity contribution in [3.63, 3.8) is 0 Å². The van der Waals surface area contributed by atoms with Crippen LogP contribution in [-0.2, 0) is 4.79 Å². The molecule has 3 aromatic rings. The van der Waals surface area contributed by atoms with E-state index in [2.05, 4.69) is 20.4 Å². The summed E-state index contributed by atoms with van der Waals surface area (Å²) in [6.07, 6.45) is 8.37. The van der Waals surface area contributed by atoms with Gasteiger partial charge in [-0.1, -0.05) is 0 Å². The van der Waals surface area contributed by atoms with Gasteiger partial charge in [-0.25, -0.2) is 4.98 Å². The smallest absolute Gasteiger partial charge is 0.260 e. The van der Waals surface area contributed by atoms with Crippen LogP contribution in [0.1, 0.15) is 41.6 Å². The normalized spacial score (nSPS) is 16.7. The van der Waals surface area contributed by atoms with Crippen LogP contribution in [0.15, 0.2) is 41.7 Å². The predicted molar refractivity (Wildman–Crippen MR) is 133 cm³/mol. The Bertz CT molecular complexity index is 1280. The number of nitrogens with zero attached hydrogens (tertiary/aromatic N) is 5. The molecular weight excluding hydrogens is 470 g/mol. The van der Waals surface area contributed by atoms with Gasteiger partial charge in [0.15, 0.2) is 11.5 Å². The maximum Gasteiger partial charge on any atom is 0.260 e. The van der Waals surface area contributed by atoms with Gasteiger partial charge in [-0.3, -0.25) is 14.6 Å². The number of imidazole rings is 1. The highest BCUT2D eigenvalue weighted by molar-refractivity contribution is 6.27. The lowest BCUT2D eigenvalue weighted by Gasteiger charge is -2.29. The largest absolute Gasteiger partial charge is 0.490 e. The number of hydrogen-bond acceptors (Lipinski definition) is 7. The summed E-state index contributed by atoms with van der Waals surface area (Å²) in [5.74, 6) is 0.482. The monoisotopic (exact) mass is 495 g/mol. The van der Waals surface area contributed by atoms with E-state index < -0.39 is 0 Å². The maximum absolute atomic E-state index is 13.3. The van der Waals surface area contributed by atoms with Crippen molar-refractivity contribution in [1.82, 2.24) is 19.5 Å². The van der Waals surface area contributed by atoms with Gasteiger partial charge >= 0.3 is 0 Å². The molecule has 10 nitrogen and oxygen atoms in total. The van der Waals surface area contributed by atoms with E-state index in [4.69, 9.17) is 22.1 Å². The number of piperidine rings is 1. The number of carbonyl (C=O) groups is 2. The number of ether oxygens (including phenoxy) is 1. The minimum atomic E-state index is -0.351. The summed E-state index contributed by atoms with van der Waals surface area (Å²) in [6, 6.07) is 7.04. The summed E-state index contributed by atoms with van der Waals surface area (Å²) in [5, 5.41) is 7.11. The number of halogens is 1. The Hall–Kier alpha value is -3.66. The molecule has 5 rings (SSSR count). The molecule has 1 saturated heterocycles. The number of alkyl halides is 1. The number of carbonyl (C=O) groups excluding carboxylic acids is 2. The Morgan fingerprint density at radius 3 is 2.80 bits per heavy atom. The molecule has 0 bridgehead atoms. The second kappa shape index (κ2) is 9.91. The topological polar surface area (TPSA) is 127 Å². The lowest BCUT2D eigenvalue weighted by Crippen LogP contribution is -2.40. The molecule has 1 aliphatic heterocycles. The van der Waals surface area contributed by atoms with Crippen LogP contribution in [-0.4, -0.2) is 68.6 Å². The molecule has 2 fully saturated rings. The van der Waals surface area contributed by atoms with Crippen LogP contribution < -0.4 is 15.8 Å². The average Bonchev–Trinajstić information content (AvgIpc) is 3.61. The molecule has 0 atom stereocenters. The Labute approximate surface area is 207 Å². The highest BCUT2D eigenvalue weighted by Crippen LogP contribution is 2.32. The van der Waals surface area contributed by atoms with Crippen molar-refractivity contribution in [1.29, 1.82) is 0 Å². The standard InChI is InChI=1S/C24H26ClN7O3/c25-12-23(33)31-8-5-16(6-9-31)27-13-15-10-18(20(11-19(15)26)35-17-3-4-17)24(34)30-22-14-28-21-2-1-7-29-32(21)22/h1-2,7,10-11,13-14,16-17H,3-6,8-9,12,26H2,(H,30,34). The zero-order chi connectivity index (χ0) is 24.4. The molecule has 3 N–H and O–H groups in total. The lowest BCUT2D eigenvalue weighted by molar-refractivity contribution is -0.129. The Morgan fingerprint density at radius 2 is 2.06 bits per heavy atom. The molecule has 1 aromatic carbocycles. The van der Waals surface area contributed by atoms with Crippen molar-refractivity contribution in [2.75, 3.05) is 30.0 Å².